The average molecular weight is 509 g/mol. The standard InChI is InChI=1S/C34H46F2O/c1-3-7-25-10-16-28(17-11-25)29-18-12-26(13-19-29)8-5-6-9-27-14-20-30(21-15-27)31-22-23-32(37-24-4-2)34(36)33(31)35/h5,8,14-15,20-23,25-26,28-29H,3-4,6-7,9-13,16-19,24H2,1-2H3/b8-5+. The van der Waals surface area contributed by atoms with E-state index in [9.17, 15) is 8.78 Å². The summed E-state index contributed by atoms with van der Waals surface area (Å²) >= 11 is 0. The van der Waals surface area contributed by atoms with Crippen molar-refractivity contribution in [3.63, 3.8) is 0 Å². The second-order valence-corrected chi connectivity index (χ2v) is 11.5. The zero-order valence-electron chi connectivity index (χ0n) is 23.0. The van der Waals surface area contributed by atoms with Gasteiger partial charge in [0, 0.05) is 5.56 Å². The molecule has 0 N–H and O–H groups in total. The van der Waals surface area contributed by atoms with Crippen LogP contribution in [-0.4, -0.2) is 6.61 Å². The van der Waals surface area contributed by atoms with Crippen molar-refractivity contribution in [3.05, 3.63) is 65.7 Å². The van der Waals surface area contributed by atoms with E-state index in [0.717, 1.165) is 42.9 Å². The molecule has 0 amide bonds. The van der Waals surface area contributed by atoms with Gasteiger partial charge in [0.1, 0.15) is 0 Å². The minimum Gasteiger partial charge on any atom is -0.490 e. The molecule has 0 aromatic heterocycles. The van der Waals surface area contributed by atoms with Gasteiger partial charge in [-0.25, -0.2) is 4.39 Å². The highest BCUT2D eigenvalue weighted by molar-refractivity contribution is 5.65. The fourth-order valence-corrected chi connectivity index (χ4v) is 6.63. The third kappa shape index (κ3) is 7.68. The highest BCUT2D eigenvalue weighted by Gasteiger charge is 2.30. The summed E-state index contributed by atoms with van der Waals surface area (Å²) in [4.78, 5) is 0. The Morgan fingerprint density at radius 3 is 2.11 bits per heavy atom. The van der Waals surface area contributed by atoms with Gasteiger partial charge in [-0.1, -0.05) is 75.9 Å². The van der Waals surface area contributed by atoms with E-state index in [1.807, 2.05) is 31.2 Å². The Balaban J connectivity index is 1.20. The summed E-state index contributed by atoms with van der Waals surface area (Å²) in [6.07, 6.45) is 21.8. The first-order valence-corrected chi connectivity index (χ1v) is 15.0. The lowest BCUT2D eigenvalue weighted by Crippen LogP contribution is -2.25. The second kappa shape index (κ2) is 14.1. The van der Waals surface area contributed by atoms with Gasteiger partial charge in [0.15, 0.2) is 11.6 Å². The average Bonchev–Trinajstić information content (AvgIpc) is 2.93. The third-order valence-corrected chi connectivity index (χ3v) is 8.85. The zero-order valence-corrected chi connectivity index (χ0v) is 23.0. The lowest BCUT2D eigenvalue weighted by Gasteiger charge is -2.37. The summed E-state index contributed by atoms with van der Waals surface area (Å²) in [6, 6.07) is 11.0. The van der Waals surface area contributed by atoms with Gasteiger partial charge in [-0.2, -0.15) is 4.39 Å². The molecule has 2 aromatic rings. The van der Waals surface area contributed by atoms with E-state index in [2.05, 4.69) is 19.1 Å². The molecule has 0 radical (unpaired) electrons. The van der Waals surface area contributed by atoms with E-state index in [1.54, 1.807) is 6.07 Å². The Hall–Kier alpha value is -2.16. The summed E-state index contributed by atoms with van der Waals surface area (Å²) in [5.41, 5.74) is 2.19. The maximum absolute atomic E-state index is 14.6. The molecule has 0 bridgehead atoms. The smallest absolute Gasteiger partial charge is 0.201 e. The predicted molar refractivity (Wildman–Crippen MR) is 151 cm³/mol. The van der Waals surface area contributed by atoms with E-state index >= 15 is 0 Å². The van der Waals surface area contributed by atoms with E-state index in [1.165, 1.54) is 75.8 Å². The number of benzene rings is 2. The summed E-state index contributed by atoms with van der Waals surface area (Å²) < 4.78 is 34.3. The topological polar surface area (TPSA) is 9.23 Å². The quantitative estimate of drug-likeness (QED) is 0.274. The van der Waals surface area contributed by atoms with Crippen LogP contribution in [0.15, 0.2) is 48.6 Å². The summed E-state index contributed by atoms with van der Waals surface area (Å²) in [5.74, 6) is 1.96. The number of hydrogen-bond acceptors (Lipinski definition) is 1. The molecule has 2 aliphatic carbocycles. The van der Waals surface area contributed by atoms with Crippen LogP contribution in [0.1, 0.15) is 96.5 Å². The molecule has 2 fully saturated rings. The van der Waals surface area contributed by atoms with Crippen LogP contribution >= 0.6 is 0 Å². The summed E-state index contributed by atoms with van der Waals surface area (Å²) in [6.45, 7) is 4.64. The largest absolute Gasteiger partial charge is 0.490 e. The molecule has 2 saturated carbocycles. The van der Waals surface area contributed by atoms with E-state index in [-0.39, 0.29) is 11.3 Å². The number of halogens is 2. The first kappa shape index (κ1) is 27.9. The number of rotatable bonds is 11. The molecule has 4 rings (SSSR count). The van der Waals surface area contributed by atoms with Crippen LogP contribution in [0.25, 0.3) is 11.1 Å². The van der Waals surface area contributed by atoms with Gasteiger partial charge in [0.2, 0.25) is 5.82 Å². The SMILES string of the molecule is CCCOc1ccc(-c2ccc(CC/C=C/C3CCC(C4CCC(CCC)CC4)CC3)cc2)c(F)c1F. The highest BCUT2D eigenvalue weighted by atomic mass is 19.2. The van der Waals surface area contributed by atoms with Gasteiger partial charge >= 0.3 is 0 Å². The Kier molecular flexibility index (Phi) is 10.6. The van der Waals surface area contributed by atoms with Crippen molar-refractivity contribution in [2.24, 2.45) is 23.7 Å². The fraction of sp³-hybridized carbons (Fsp3) is 0.588. The predicted octanol–water partition coefficient (Wildman–Crippen LogP) is 10.3. The Morgan fingerprint density at radius 1 is 0.784 bits per heavy atom. The lowest BCUT2D eigenvalue weighted by molar-refractivity contribution is 0.152. The number of hydrogen-bond donors (Lipinski definition) is 0. The van der Waals surface area contributed by atoms with Gasteiger partial charge in [0.25, 0.3) is 0 Å². The number of aryl methyl sites for hydroxylation is 1. The fourth-order valence-electron chi connectivity index (χ4n) is 6.63. The molecule has 2 aromatic carbocycles. The van der Waals surface area contributed by atoms with Gasteiger partial charge < -0.3 is 4.74 Å². The zero-order chi connectivity index (χ0) is 26.0. The van der Waals surface area contributed by atoms with E-state index < -0.39 is 11.6 Å². The highest BCUT2D eigenvalue weighted by Crippen LogP contribution is 2.42. The maximum Gasteiger partial charge on any atom is 0.201 e. The number of ether oxygens (including phenoxy) is 1. The van der Waals surface area contributed by atoms with Crippen molar-refractivity contribution < 1.29 is 13.5 Å². The third-order valence-electron chi connectivity index (χ3n) is 8.85. The number of allylic oxidation sites excluding steroid dienone is 2. The summed E-state index contributed by atoms with van der Waals surface area (Å²) in [5, 5.41) is 0. The van der Waals surface area contributed by atoms with Crippen molar-refractivity contribution in [2.45, 2.75) is 97.3 Å². The second-order valence-electron chi connectivity index (χ2n) is 11.5. The van der Waals surface area contributed by atoms with Crippen LogP contribution in [0.5, 0.6) is 5.75 Å². The van der Waals surface area contributed by atoms with Crippen LogP contribution in [0.3, 0.4) is 0 Å². The van der Waals surface area contributed by atoms with Gasteiger partial charge in [-0.3, -0.25) is 0 Å². The van der Waals surface area contributed by atoms with Gasteiger partial charge in [-0.15, -0.1) is 0 Å². The molecule has 37 heavy (non-hydrogen) atoms. The Morgan fingerprint density at radius 2 is 1.46 bits per heavy atom. The minimum atomic E-state index is -0.909. The van der Waals surface area contributed by atoms with Crippen molar-refractivity contribution in [1.82, 2.24) is 0 Å². The van der Waals surface area contributed by atoms with E-state index in [4.69, 9.17) is 4.74 Å². The van der Waals surface area contributed by atoms with Crippen molar-refractivity contribution in [2.75, 3.05) is 6.61 Å². The molecule has 2 aliphatic rings. The molecule has 0 unspecified atom stereocenters. The molecular formula is C34H46F2O. The molecule has 0 spiro atoms. The Bertz CT molecular complexity index is 980. The van der Waals surface area contributed by atoms with Crippen LogP contribution < -0.4 is 4.74 Å². The maximum atomic E-state index is 14.6. The normalized spacial score (nSPS) is 24.4. The Labute approximate surface area is 223 Å². The minimum absolute atomic E-state index is 0.0190. The van der Waals surface area contributed by atoms with Crippen molar-refractivity contribution >= 4 is 0 Å². The van der Waals surface area contributed by atoms with E-state index in [0.29, 0.717) is 12.2 Å². The molecule has 3 heteroatoms. The monoisotopic (exact) mass is 508 g/mol. The van der Waals surface area contributed by atoms with Gasteiger partial charge in [0.05, 0.1) is 6.61 Å². The molecule has 0 atom stereocenters. The van der Waals surface area contributed by atoms with Crippen LogP contribution in [-0.2, 0) is 6.42 Å². The first-order chi connectivity index (χ1) is 18.1. The van der Waals surface area contributed by atoms with Crippen molar-refractivity contribution in [3.8, 4) is 16.9 Å². The van der Waals surface area contributed by atoms with Crippen molar-refractivity contribution in [1.29, 1.82) is 0 Å². The van der Waals surface area contributed by atoms with Crippen LogP contribution in [0, 0.1) is 35.3 Å². The van der Waals surface area contributed by atoms with Crippen LogP contribution in [0.4, 0.5) is 8.78 Å². The molecule has 202 valence electrons. The summed E-state index contributed by atoms with van der Waals surface area (Å²) in [7, 11) is 0. The molecule has 0 saturated heterocycles. The lowest BCUT2D eigenvalue weighted by atomic mass is 9.68. The molecule has 1 nitrogen and oxygen atoms in total. The first-order valence-electron chi connectivity index (χ1n) is 15.0. The molecule has 0 aliphatic heterocycles. The molecule has 0 heterocycles. The van der Waals surface area contributed by atoms with Gasteiger partial charge in [-0.05, 0) is 105 Å². The molecular weight excluding hydrogens is 462 g/mol. The van der Waals surface area contributed by atoms with Crippen LogP contribution in [0.2, 0.25) is 0 Å².